The molecule has 76 valence electrons. The molecule has 1 aromatic heterocycles. The molecule has 0 spiro atoms. The standard InChI is InChI=1S/C8H11N3O3/c9-6(8(12)13)3-5-4-7-11(10-5)1-2-14-7/h4,6H,1-3,9H2,(H,12,13). The summed E-state index contributed by atoms with van der Waals surface area (Å²) in [5.41, 5.74) is 6.04. The van der Waals surface area contributed by atoms with Gasteiger partial charge in [0.15, 0.2) is 0 Å². The van der Waals surface area contributed by atoms with Gasteiger partial charge in [0.25, 0.3) is 0 Å². The van der Waals surface area contributed by atoms with E-state index in [1.807, 2.05) is 0 Å². The molecule has 14 heavy (non-hydrogen) atoms. The third kappa shape index (κ3) is 1.56. The highest BCUT2D eigenvalue weighted by molar-refractivity contribution is 5.73. The maximum atomic E-state index is 10.5. The minimum atomic E-state index is -1.01. The largest absolute Gasteiger partial charge is 0.480 e. The summed E-state index contributed by atoms with van der Waals surface area (Å²) < 4.78 is 6.95. The van der Waals surface area contributed by atoms with Crippen LogP contribution >= 0.6 is 0 Å². The highest BCUT2D eigenvalue weighted by atomic mass is 16.5. The maximum Gasteiger partial charge on any atom is 0.320 e. The van der Waals surface area contributed by atoms with Crippen LogP contribution in [0.3, 0.4) is 0 Å². The van der Waals surface area contributed by atoms with E-state index in [4.69, 9.17) is 15.6 Å². The van der Waals surface area contributed by atoms with Crippen molar-refractivity contribution in [1.82, 2.24) is 9.78 Å². The summed E-state index contributed by atoms with van der Waals surface area (Å²) in [6.45, 7) is 1.35. The highest BCUT2D eigenvalue weighted by Crippen LogP contribution is 2.18. The Labute approximate surface area is 80.3 Å². The van der Waals surface area contributed by atoms with Gasteiger partial charge in [0, 0.05) is 12.5 Å². The lowest BCUT2D eigenvalue weighted by Gasteiger charge is -2.02. The zero-order valence-electron chi connectivity index (χ0n) is 7.51. The topological polar surface area (TPSA) is 90.4 Å². The van der Waals surface area contributed by atoms with E-state index in [1.54, 1.807) is 10.7 Å². The number of ether oxygens (including phenoxy) is 1. The predicted octanol–water partition coefficient (Wildman–Crippen LogP) is -0.770. The summed E-state index contributed by atoms with van der Waals surface area (Å²) in [6, 6.07) is 0.834. The lowest BCUT2D eigenvalue weighted by molar-refractivity contribution is -0.138. The Balaban J connectivity index is 2.07. The third-order valence-corrected chi connectivity index (χ3v) is 2.09. The summed E-state index contributed by atoms with van der Waals surface area (Å²) in [6.07, 6.45) is 0.235. The van der Waals surface area contributed by atoms with Crippen LogP contribution in [0.1, 0.15) is 5.69 Å². The van der Waals surface area contributed by atoms with Gasteiger partial charge >= 0.3 is 5.97 Å². The van der Waals surface area contributed by atoms with Crippen LogP contribution in [-0.4, -0.2) is 33.5 Å². The molecule has 1 aliphatic rings. The van der Waals surface area contributed by atoms with Crippen molar-refractivity contribution in [2.24, 2.45) is 5.73 Å². The van der Waals surface area contributed by atoms with Gasteiger partial charge in [-0.1, -0.05) is 0 Å². The molecule has 1 unspecified atom stereocenters. The fraction of sp³-hybridized carbons (Fsp3) is 0.500. The summed E-state index contributed by atoms with van der Waals surface area (Å²) in [7, 11) is 0. The first-order valence-corrected chi connectivity index (χ1v) is 4.35. The van der Waals surface area contributed by atoms with E-state index in [0.29, 0.717) is 18.2 Å². The molecule has 0 amide bonds. The number of carboxylic acids is 1. The van der Waals surface area contributed by atoms with Gasteiger partial charge in [0.2, 0.25) is 5.88 Å². The normalized spacial score (nSPS) is 16.1. The van der Waals surface area contributed by atoms with Crippen LogP contribution in [0.15, 0.2) is 6.07 Å². The average Bonchev–Trinajstić information content (AvgIpc) is 2.63. The van der Waals surface area contributed by atoms with E-state index in [2.05, 4.69) is 5.10 Å². The monoisotopic (exact) mass is 197 g/mol. The van der Waals surface area contributed by atoms with Crippen molar-refractivity contribution in [3.8, 4) is 5.88 Å². The van der Waals surface area contributed by atoms with Crippen molar-refractivity contribution >= 4 is 5.97 Å². The van der Waals surface area contributed by atoms with Crippen molar-refractivity contribution in [2.75, 3.05) is 6.61 Å². The van der Waals surface area contributed by atoms with E-state index in [-0.39, 0.29) is 6.42 Å². The third-order valence-electron chi connectivity index (χ3n) is 2.09. The summed E-state index contributed by atoms with van der Waals surface area (Å²) >= 11 is 0. The second-order valence-corrected chi connectivity index (χ2v) is 3.19. The van der Waals surface area contributed by atoms with Gasteiger partial charge < -0.3 is 15.6 Å². The molecule has 1 atom stereocenters. The van der Waals surface area contributed by atoms with Crippen LogP contribution in [0, 0.1) is 0 Å². The second-order valence-electron chi connectivity index (χ2n) is 3.19. The summed E-state index contributed by atoms with van der Waals surface area (Å²) in [5.74, 6) is -0.323. The first-order valence-electron chi connectivity index (χ1n) is 4.35. The quantitative estimate of drug-likeness (QED) is 0.664. The maximum absolute atomic E-state index is 10.5. The van der Waals surface area contributed by atoms with Gasteiger partial charge in [-0.05, 0) is 0 Å². The molecule has 1 aliphatic heterocycles. The smallest absolute Gasteiger partial charge is 0.320 e. The summed E-state index contributed by atoms with van der Waals surface area (Å²) in [4.78, 5) is 10.5. The molecule has 0 saturated heterocycles. The minimum Gasteiger partial charge on any atom is -0.480 e. The number of fused-ring (bicyclic) bond motifs is 1. The van der Waals surface area contributed by atoms with Gasteiger partial charge in [0.05, 0.1) is 12.2 Å². The Bertz CT molecular complexity index is 339. The van der Waals surface area contributed by atoms with Gasteiger partial charge in [-0.25, -0.2) is 4.68 Å². The number of carboxylic acid groups (broad SMARTS) is 1. The van der Waals surface area contributed by atoms with E-state index < -0.39 is 12.0 Å². The Kier molecular flexibility index (Phi) is 2.12. The van der Waals surface area contributed by atoms with Crippen LogP contribution in [0.4, 0.5) is 0 Å². The molecule has 6 heteroatoms. The van der Waals surface area contributed by atoms with Crippen LogP contribution in [-0.2, 0) is 17.8 Å². The Morgan fingerprint density at radius 1 is 1.86 bits per heavy atom. The lowest BCUT2D eigenvalue weighted by atomic mass is 10.2. The number of carbonyl (C=O) groups is 1. The second kappa shape index (κ2) is 3.30. The number of rotatable bonds is 3. The molecule has 3 N–H and O–H groups in total. The van der Waals surface area contributed by atoms with Crippen molar-refractivity contribution < 1.29 is 14.6 Å². The SMILES string of the molecule is NC(Cc1cc2n(n1)CCO2)C(=O)O. The fourth-order valence-corrected chi connectivity index (χ4v) is 1.38. The molecule has 6 nitrogen and oxygen atoms in total. The Morgan fingerprint density at radius 3 is 3.29 bits per heavy atom. The summed E-state index contributed by atoms with van der Waals surface area (Å²) in [5, 5.41) is 12.8. The molecular weight excluding hydrogens is 186 g/mol. The fourth-order valence-electron chi connectivity index (χ4n) is 1.38. The van der Waals surface area contributed by atoms with Gasteiger partial charge in [-0.15, -0.1) is 0 Å². The van der Waals surface area contributed by atoms with Crippen molar-refractivity contribution in [2.45, 2.75) is 19.0 Å². The molecule has 0 aliphatic carbocycles. The zero-order valence-corrected chi connectivity index (χ0v) is 7.51. The van der Waals surface area contributed by atoms with E-state index >= 15 is 0 Å². The van der Waals surface area contributed by atoms with Crippen molar-refractivity contribution in [3.63, 3.8) is 0 Å². The Morgan fingerprint density at radius 2 is 2.64 bits per heavy atom. The molecule has 0 aromatic carbocycles. The molecular formula is C8H11N3O3. The number of nitrogens with two attached hydrogens (primary N) is 1. The molecule has 2 rings (SSSR count). The molecule has 1 aromatic rings. The van der Waals surface area contributed by atoms with E-state index in [9.17, 15) is 4.79 Å². The lowest BCUT2D eigenvalue weighted by Crippen LogP contribution is -2.32. The Hall–Kier alpha value is -1.56. The first kappa shape index (κ1) is 9.01. The van der Waals surface area contributed by atoms with E-state index in [1.165, 1.54) is 0 Å². The minimum absolute atomic E-state index is 0.235. The predicted molar refractivity (Wildman–Crippen MR) is 47.0 cm³/mol. The number of aromatic nitrogens is 2. The van der Waals surface area contributed by atoms with Crippen LogP contribution in [0.2, 0.25) is 0 Å². The molecule has 2 heterocycles. The highest BCUT2D eigenvalue weighted by Gasteiger charge is 2.18. The average molecular weight is 197 g/mol. The molecule has 0 fully saturated rings. The number of hydrogen-bond acceptors (Lipinski definition) is 4. The molecule has 0 radical (unpaired) electrons. The number of aliphatic carboxylic acids is 1. The van der Waals surface area contributed by atoms with Crippen LogP contribution in [0.25, 0.3) is 0 Å². The van der Waals surface area contributed by atoms with Crippen LogP contribution in [0.5, 0.6) is 5.88 Å². The first-order chi connectivity index (χ1) is 6.66. The van der Waals surface area contributed by atoms with Gasteiger partial charge in [-0.3, -0.25) is 4.79 Å². The zero-order chi connectivity index (χ0) is 10.1. The molecule has 0 bridgehead atoms. The number of nitrogens with zero attached hydrogens (tertiary/aromatic N) is 2. The molecule has 0 saturated carbocycles. The van der Waals surface area contributed by atoms with Gasteiger partial charge in [-0.2, -0.15) is 5.10 Å². The van der Waals surface area contributed by atoms with Crippen molar-refractivity contribution in [3.05, 3.63) is 11.8 Å². The van der Waals surface area contributed by atoms with E-state index in [0.717, 1.165) is 6.54 Å². The van der Waals surface area contributed by atoms with Crippen molar-refractivity contribution in [1.29, 1.82) is 0 Å². The number of hydrogen-bond donors (Lipinski definition) is 2. The van der Waals surface area contributed by atoms with Gasteiger partial charge in [0.1, 0.15) is 12.6 Å². The van der Waals surface area contributed by atoms with Crippen LogP contribution < -0.4 is 10.5 Å².